The van der Waals surface area contributed by atoms with E-state index in [1.54, 1.807) is 0 Å². The Bertz CT molecular complexity index is 650. The van der Waals surface area contributed by atoms with Gasteiger partial charge in [-0.15, -0.1) is 0 Å². The smallest absolute Gasteiger partial charge is 0.251 e. The number of amides is 1. The topological polar surface area (TPSA) is 38.3 Å². The second-order valence-electron chi connectivity index (χ2n) is 5.57. The molecule has 0 aliphatic heterocycles. The molecule has 0 heterocycles. The van der Waals surface area contributed by atoms with E-state index in [1.807, 2.05) is 63.2 Å². The van der Waals surface area contributed by atoms with E-state index in [4.69, 9.17) is 4.74 Å². The van der Waals surface area contributed by atoms with E-state index in [0.29, 0.717) is 18.7 Å². The highest BCUT2D eigenvalue weighted by molar-refractivity contribution is 5.94. The highest BCUT2D eigenvalue weighted by Crippen LogP contribution is 2.12. The van der Waals surface area contributed by atoms with Crippen LogP contribution in [0.2, 0.25) is 0 Å². The monoisotopic (exact) mass is 297 g/mol. The predicted molar refractivity (Wildman–Crippen MR) is 89.5 cm³/mol. The fourth-order valence-corrected chi connectivity index (χ4v) is 2.15. The van der Waals surface area contributed by atoms with Crippen LogP contribution < -0.4 is 10.1 Å². The van der Waals surface area contributed by atoms with Crippen molar-refractivity contribution in [2.45, 2.75) is 27.2 Å². The van der Waals surface area contributed by atoms with E-state index in [-0.39, 0.29) is 5.91 Å². The molecule has 3 nitrogen and oxygen atoms in total. The van der Waals surface area contributed by atoms with Crippen LogP contribution in [0, 0.1) is 20.8 Å². The van der Waals surface area contributed by atoms with Gasteiger partial charge in [0, 0.05) is 12.1 Å². The van der Waals surface area contributed by atoms with E-state index < -0.39 is 0 Å². The van der Waals surface area contributed by atoms with Crippen LogP contribution in [-0.2, 0) is 0 Å². The standard InChI is InChI=1S/C19H23NO2/c1-14-6-4-7-18(12-14)22-11-5-10-20-19(21)17-9-8-15(2)16(3)13-17/h4,6-9,12-13H,5,10-11H2,1-3H3,(H,20,21). The SMILES string of the molecule is Cc1cccc(OCCCNC(=O)c2ccc(C)c(C)c2)c1. The molecule has 2 aromatic carbocycles. The number of carbonyl (C=O) groups excluding carboxylic acids is 1. The Labute approximate surface area is 132 Å². The van der Waals surface area contributed by atoms with Crippen LogP contribution in [0.5, 0.6) is 5.75 Å². The maximum absolute atomic E-state index is 12.0. The summed E-state index contributed by atoms with van der Waals surface area (Å²) < 4.78 is 5.66. The number of rotatable bonds is 6. The Hall–Kier alpha value is -2.29. The molecule has 0 spiro atoms. The van der Waals surface area contributed by atoms with Gasteiger partial charge in [-0.3, -0.25) is 4.79 Å². The van der Waals surface area contributed by atoms with Crippen LogP contribution in [0.15, 0.2) is 42.5 Å². The molecular formula is C19H23NO2. The molecule has 0 aliphatic rings. The van der Waals surface area contributed by atoms with Crippen molar-refractivity contribution in [1.82, 2.24) is 5.32 Å². The Morgan fingerprint density at radius 1 is 1.05 bits per heavy atom. The summed E-state index contributed by atoms with van der Waals surface area (Å²) in [5, 5.41) is 2.92. The van der Waals surface area contributed by atoms with Gasteiger partial charge in [0.2, 0.25) is 0 Å². The first-order chi connectivity index (χ1) is 10.6. The summed E-state index contributed by atoms with van der Waals surface area (Å²) >= 11 is 0. The van der Waals surface area contributed by atoms with Crippen molar-refractivity contribution in [2.75, 3.05) is 13.2 Å². The molecule has 1 amide bonds. The average Bonchev–Trinajstić information content (AvgIpc) is 2.49. The molecule has 3 heteroatoms. The van der Waals surface area contributed by atoms with Gasteiger partial charge in [0.1, 0.15) is 5.75 Å². The Morgan fingerprint density at radius 2 is 1.86 bits per heavy atom. The van der Waals surface area contributed by atoms with Gasteiger partial charge in [-0.1, -0.05) is 18.2 Å². The molecule has 0 aromatic heterocycles. The fraction of sp³-hybridized carbons (Fsp3) is 0.316. The van der Waals surface area contributed by atoms with Crippen molar-refractivity contribution in [1.29, 1.82) is 0 Å². The van der Waals surface area contributed by atoms with E-state index >= 15 is 0 Å². The van der Waals surface area contributed by atoms with E-state index in [1.165, 1.54) is 11.1 Å². The van der Waals surface area contributed by atoms with Crippen molar-refractivity contribution in [3.8, 4) is 5.75 Å². The van der Waals surface area contributed by atoms with Gasteiger partial charge in [0.25, 0.3) is 5.91 Å². The van der Waals surface area contributed by atoms with Crippen molar-refractivity contribution in [3.63, 3.8) is 0 Å². The van der Waals surface area contributed by atoms with Gasteiger partial charge in [0.05, 0.1) is 6.61 Å². The lowest BCUT2D eigenvalue weighted by atomic mass is 10.1. The zero-order valence-electron chi connectivity index (χ0n) is 13.5. The van der Waals surface area contributed by atoms with Crippen LogP contribution in [0.3, 0.4) is 0 Å². The van der Waals surface area contributed by atoms with Crippen molar-refractivity contribution in [2.24, 2.45) is 0 Å². The summed E-state index contributed by atoms with van der Waals surface area (Å²) in [5.41, 5.74) is 4.22. The lowest BCUT2D eigenvalue weighted by Crippen LogP contribution is -2.25. The quantitative estimate of drug-likeness (QED) is 0.823. The number of benzene rings is 2. The second-order valence-corrected chi connectivity index (χ2v) is 5.57. The predicted octanol–water partition coefficient (Wildman–Crippen LogP) is 3.81. The van der Waals surface area contributed by atoms with E-state index in [2.05, 4.69) is 5.32 Å². The molecular weight excluding hydrogens is 274 g/mol. The highest BCUT2D eigenvalue weighted by atomic mass is 16.5. The third-order valence-corrected chi connectivity index (χ3v) is 3.63. The Kier molecular flexibility index (Phi) is 5.59. The number of ether oxygens (including phenoxy) is 1. The molecule has 1 N–H and O–H groups in total. The second kappa shape index (κ2) is 7.64. The summed E-state index contributed by atoms with van der Waals surface area (Å²) in [6.45, 7) is 7.30. The van der Waals surface area contributed by atoms with E-state index in [9.17, 15) is 4.79 Å². The molecule has 0 fully saturated rings. The molecule has 2 aromatic rings. The normalized spacial score (nSPS) is 10.3. The minimum Gasteiger partial charge on any atom is -0.494 e. The maximum Gasteiger partial charge on any atom is 0.251 e. The first-order valence-corrected chi connectivity index (χ1v) is 7.61. The summed E-state index contributed by atoms with van der Waals surface area (Å²) in [7, 11) is 0. The van der Waals surface area contributed by atoms with E-state index in [0.717, 1.165) is 17.7 Å². The molecule has 0 radical (unpaired) electrons. The lowest BCUT2D eigenvalue weighted by molar-refractivity contribution is 0.0951. The first kappa shape index (κ1) is 16.1. The Morgan fingerprint density at radius 3 is 2.59 bits per heavy atom. The molecule has 2 rings (SSSR count). The van der Waals surface area contributed by atoms with Gasteiger partial charge in [0.15, 0.2) is 0 Å². The summed E-state index contributed by atoms with van der Waals surface area (Å²) in [6, 6.07) is 13.7. The summed E-state index contributed by atoms with van der Waals surface area (Å²) in [6.07, 6.45) is 0.782. The molecule has 116 valence electrons. The minimum atomic E-state index is -0.0290. The maximum atomic E-state index is 12.0. The molecule has 0 unspecified atom stereocenters. The van der Waals surface area contributed by atoms with Crippen LogP contribution in [0.1, 0.15) is 33.5 Å². The third-order valence-electron chi connectivity index (χ3n) is 3.63. The van der Waals surface area contributed by atoms with Gasteiger partial charge < -0.3 is 10.1 Å². The van der Waals surface area contributed by atoms with Crippen molar-refractivity contribution >= 4 is 5.91 Å². The van der Waals surface area contributed by atoms with Gasteiger partial charge in [-0.25, -0.2) is 0 Å². The molecule has 0 bridgehead atoms. The van der Waals surface area contributed by atoms with Crippen molar-refractivity contribution in [3.05, 3.63) is 64.7 Å². The minimum absolute atomic E-state index is 0.0290. The third kappa shape index (κ3) is 4.62. The van der Waals surface area contributed by atoms with Crippen LogP contribution in [0.25, 0.3) is 0 Å². The van der Waals surface area contributed by atoms with Gasteiger partial charge >= 0.3 is 0 Å². The first-order valence-electron chi connectivity index (χ1n) is 7.61. The number of nitrogens with one attached hydrogen (secondary N) is 1. The van der Waals surface area contributed by atoms with Crippen molar-refractivity contribution < 1.29 is 9.53 Å². The van der Waals surface area contributed by atoms with Gasteiger partial charge in [-0.05, 0) is 68.1 Å². The van der Waals surface area contributed by atoms with Crippen LogP contribution in [-0.4, -0.2) is 19.1 Å². The molecule has 0 saturated carbocycles. The number of carbonyl (C=O) groups is 1. The summed E-state index contributed by atoms with van der Waals surface area (Å²) in [4.78, 5) is 12.0. The van der Waals surface area contributed by atoms with Crippen LogP contribution >= 0.6 is 0 Å². The molecule has 0 aliphatic carbocycles. The average molecular weight is 297 g/mol. The zero-order chi connectivity index (χ0) is 15.9. The fourth-order valence-electron chi connectivity index (χ4n) is 2.15. The Balaban J connectivity index is 1.72. The molecule has 0 saturated heterocycles. The molecule has 22 heavy (non-hydrogen) atoms. The number of hydrogen-bond donors (Lipinski definition) is 1. The number of aryl methyl sites for hydroxylation is 3. The summed E-state index contributed by atoms with van der Waals surface area (Å²) in [5.74, 6) is 0.846. The number of hydrogen-bond acceptors (Lipinski definition) is 2. The lowest BCUT2D eigenvalue weighted by Gasteiger charge is -2.09. The van der Waals surface area contributed by atoms with Gasteiger partial charge in [-0.2, -0.15) is 0 Å². The zero-order valence-corrected chi connectivity index (χ0v) is 13.5. The largest absolute Gasteiger partial charge is 0.494 e. The molecule has 0 atom stereocenters. The van der Waals surface area contributed by atoms with Crippen LogP contribution in [0.4, 0.5) is 0 Å². The highest BCUT2D eigenvalue weighted by Gasteiger charge is 2.05.